The van der Waals surface area contributed by atoms with Gasteiger partial charge in [-0.15, -0.1) is 0 Å². The molecule has 2 nitrogen and oxygen atoms in total. The number of benzene rings is 1. The van der Waals surface area contributed by atoms with Gasteiger partial charge in [-0.25, -0.2) is 0 Å². The predicted molar refractivity (Wildman–Crippen MR) is 80.4 cm³/mol. The Bertz CT molecular complexity index is 396. The lowest BCUT2D eigenvalue weighted by Crippen LogP contribution is -2.38. The van der Waals surface area contributed by atoms with Crippen molar-refractivity contribution in [1.29, 1.82) is 0 Å². The fourth-order valence-electron chi connectivity index (χ4n) is 3.42. The standard InChI is InChI=1S/C17H27NO/c1-14(19-2)12-15-8-4-5-9-16(15)17(13-18)10-6-3-7-11-17/h4-5,8-9,14H,3,6-7,10-13,18H2,1-2H3. The lowest BCUT2D eigenvalue weighted by atomic mass is 9.68. The van der Waals surface area contributed by atoms with E-state index in [4.69, 9.17) is 10.5 Å². The fraction of sp³-hybridized carbons (Fsp3) is 0.647. The number of ether oxygens (including phenoxy) is 1. The summed E-state index contributed by atoms with van der Waals surface area (Å²) in [6.07, 6.45) is 7.70. The van der Waals surface area contributed by atoms with Crippen LogP contribution in [0.1, 0.15) is 50.2 Å². The van der Waals surface area contributed by atoms with Gasteiger partial charge in [0.25, 0.3) is 0 Å². The molecule has 0 bridgehead atoms. The molecule has 1 aliphatic carbocycles. The van der Waals surface area contributed by atoms with Crippen molar-refractivity contribution >= 4 is 0 Å². The summed E-state index contributed by atoms with van der Waals surface area (Å²) < 4.78 is 5.43. The Kier molecular flexibility index (Phi) is 5.00. The molecule has 1 aromatic rings. The maximum atomic E-state index is 6.17. The lowest BCUT2D eigenvalue weighted by Gasteiger charge is -2.38. The van der Waals surface area contributed by atoms with Crippen LogP contribution in [0.4, 0.5) is 0 Å². The monoisotopic (exact) mass is 261 g/mol. The molecule has 1 aromatic carbocycles. The summed E-state index contributed by atoms with van der Waals surface area (Å²) in [7, 11) is 1.78. The van der Waals surface area contributed by atoms with Gasteiger partial charge in [-0.2, -0.15) is 0 Å². The minimum absolute atomic E-state index is 0.211. The molecule has 0 saturated heterocycles. The van der Waals surface area contributed by atoms with Crippen LogP contribution in [0.5, 0.6) is 0 Å². The zero-order chi connectivity index (χ0) is 13.7. The second kappa shape index (κ2) is 6.53. The molecule has 0 aliphatic heterocycles. The molecule has 0 heterocycles. The Morgan fingerprint density at radius 1 is 1.21 bits per heavy atom. The summed E-state index contributed by atoms with van der Waals surface area (Å²) in [6.45, 7) is 2.90. The van der Waals surface area contributed by atoms with E-state index >= 15 is 0 Å². The van der Waals surface area contributed by atoms with Gasteiger partial charge in [0.05, 0.1) is 6.10 Å². The quantitative estimate of drug-likeness (QED) is 0.881. The maximum absolute atomic E-state index is 6.17. The highest BCUT2D eigenvalue weighted by atomic mass is 16.5. The first-order valence-corrected chi connectivity index (χ1v) is 7.53. The predicted octanol–water partition coefficient (Wildman–Crippen LogP) is 3.42. The number of hydrogen-bond acceptors (Lipinski definition) is 2. The molecule has 1 unspecified atom stereocenters. The van der Waals surface area contributed by atoms with Crippen molar-refractivity contribution in [3.05, 3.63) is 35.4 Å². The average molecular weight is 261 g/mol. The van der Waals surface area contributed by atoms with E-state index in [0.29, 0.717) is 0 Å². The molecule has 1 aliphatic rings. The molecule has 2 heteroatoms. The van der Waals surface area contributed by atoms with Crippen molar-refractivity contribution in [2.75, 3.05) is 13.7 Å². The van der Waals surface area contributed by atoms with Gasteiger partial charge in [-0.3, -0.25) is 0 Å². The van der Waals surface area contributed by atoms with Crippen molar-refractivity contribution in [3.8, 4) is 0 Å². The highest BCUT2D eigenvalue weighted by Crippen LogP contribution is 2.40. The summed E-state index contributed by atoms with van der Waals surface area (Å²) in [6, 6.07) is 8.82. The van der Waals surface area contributed by atoms with Gasteiger partial charge < -0.3 is 10.5 Å². The van der Waals surface area contributed by atoms with Crippen molar-refractivity contribution in [2.24, 2.45) is 5.73 Å². The third kappa shape index (κ3) is 3.18. The summed E-state index contributed by atoms with van der Waals surface area (Å²) in [5, 5.41) is 0. The van der Waals surface area contributed by atoms with Crippen LogP contribution in [-0.2, 0) is 16.6 Å². The first-order chi connectivity index (χ1) is 9.22. The highest BCUT2D eigenvalue weighted by molar-refractivity contribution is 5.36. The van der Waals surface area contributed by atoms with Crippen LogP contribution in [-0.4, -0.2) is 19.8 Å². The molecule has 2 N–H and O–H groups in total. The maximum Gasteiger partial charge on any atom is 0.0583 e. The van der Waals surface area contributed by atoms with Crippen molar-refractivity contribution in [3.63, 3.8) is 0 Å². The average Bonchev–Trinajstić information content (AvgIpc) is 2.48. The van der Waals surface area contributed by atoms with Crippen molar-refractivity contribution < 1.29 is 4.74 Å². The first kappa shape index (κ1) is 14.5. The van der Waals surface area contributed by atoms with E-state index in [2.05, 4.69) is 31.2 Å². The topological polar surface area (TPSA) is 35.2 Å². The van der Waals surface area contributed by atoms with Gasteiger partial charge in [0, 0.05) is 19.1 Å². The Labute approximate surface area is 117 Å². The molecule has 0 amide bonds. The zero-order valence-corrected chi connectivity index (χ0v) is 12.3. The van der Waals surface area contributed by atoms with E-state index in [1.165, 1.54) is 43.2 Å². The van der Waals surface area contributed by atoms with Crippen molar-refractivity contribution in [1.82, 2.24) is 0 Å². The summed E-state index contributed by atoms with van der Waals surface area (Å²) in [5.41, 5.74) is 9.28. The first-order valence-electron chi connectivity index (χ1n) is 7.53. The molecule has 1 fully saturated rings. The van der Waals surface area contributed by atoms with E-state index in [-0.39, 0.29) is 11.5 Å². The number of nitrogens with two attached hydrogens (primary N) is 1. The van der Waals surface area contributed by atoms with Crippen LogP contribution in [0.15, 0.2) is 24.3 Å². The molecule has 106 valence electrons. The summed E-state index contributed by atoms with van der Waals surface area (Å²) >= 11 is 0. The molecular formula is C17H27NO. The SMILES string of the molecule is COC(C)Cc1ccccc1C1(CN)CCCCC1. The Hall–Kier alpha value is -0.860. The van der Waals surface area contributed by atoms with Crippen molar-refractivity contribution in [2.45, 2.75) is 57.0 Å². The van der Waals surface area contributed by atoms with E-state index < -0.39 is 0 Å². The molecule has 0 radical (unpaired) electrons. The van der Waals surface area contributed by atoms with Gasteiger partial charge in [0.2, 0.25) is 0 Å². The number of hydrogen-bond donors (Lipinski definition) is 1. The Morgan fingerprint density at radius 3 is 2.53 bits per heavy atom. The van der Waals surface area contributed by atoms with Gasteiger partial charge in [-0.05, 0) is 37.3 Å². The molecule has 2 rings (SSSR count). The lowest BCUT2D eigenvalue weighted by molar-refractivity contribution is 0.118. The van der Waals surface area contributed by atoms with Crippen LogP contribution >= 0.6 is 0 Å². The van der Waals surface area contributed by atoms with E-state index in [9.17, 15) is 0 Å². The van der Waals surface area contributed by atoms with E-state index in [1.54, 1.807) is 7.11 Å². The zero-order valence-electron chi connectivity index (χ0n) is 12.3. The summed E-state index contributed by atoms with van der Waals surface area (Å²) in [5.74, 6) is 0. The normalized spacial score (nSPS) is 20.2. The van der Waals surface area contributed by atoms with Crippen LogP contribution in [0.25, 0.3) is 0 Å². The van der Waals surface area contributed by atoms with Gasteiger partial charge >= 0.3 is 0 Å². The second-order valence-corrected chi connectivity index (χ2v) is 5.95. The van der Waals surface area contributed by atoms with Crippen LogP contribution in [0.3, 0.4) is 0 Å². The molecule has 0 spiro atoms. The number of methoxy groups -OCH3 is 1. The van der Waals surface area contributed by atoms with Crippen LogP contribution in [0, 0.1) is 0 Å². The largest absolute Gasteiger partial charge is 0.381 e. The highest BCUT2D eigenvalue weighted by Gasteiger charge is 2.34. The van der Waals surface area contributed by atoms with Gasteiger partial charge in [0.15, 0.2) is 0 Å². The molecule has 1 saturated carbocycles. The Morgan fingerprint density at radius 2 is 1.89 bits per heavy atom. The third-order valence-electron chi connectivity index (χ3n) is 4.70. The second-order valence-electron chi connectivity index (χ2n) is 5.95. The molecular weight excluding hydrogens is 234 g/mol. The Balaban J connectivity index is 2.31. The fourth-order valence-corrected chi connectivity index (χ4v) is 3.42. The third-order valence-corrected chi connectivity index (χ3v) is 4.70. The molecule has 19 heavy (non-hydrogen) atoms. The summed E-state index contributed by atoms with van der Waals surface area (Å²) in [4.78, 5) is 0. The minimum Gasteiger partial charge on any atom is -0.381 e. The van der Waals surface area contributed by atoms with Gasteiger partial charge in [0.1, 0.15) is 0 Å². The van der Waals surface area contributed by atoms with E-state index in [0.717, 1.165) is 13.0 Å². The number of rotatable bonds is 5. The minimum atomic E-state index is 0.211. The molecule has 0 aromatic heterocycles. The molecule has 1 atom stereocenters. The van der Waals surface area contributed by atoms with Crippen LogP contribution in [0.2, 0.25) is 0 Å². The van der Waals surface area contributed by atoms with E-state index in [1.807, 2.05) is 0 Å². The van der Waals surface area contributed by atoms with Gasteiger partial charge in [-0.1, -0.05) is 43.5 Å². The van der Waals surface area contributed by atoms with Crippen LogP contribution < -0.4 is 5.73 Å². The smallest absolute Gasteiger partial charge is 0.0583 e.